The summed E-state index contributed by atoms with van der Waals surface area (Å²) in [6.45, 7) is 0. The Morgan fingerprint density at radius 3 is 1.61 bits per heavy atom. The number of hydrogen-bond acceptors (Lipinski definition) is 2. The van der Waals surface area contributed by atoms with Crippen LogP contribution in [0.4, 0.5) is 0 Å². The number of hydrogen-bond donors (Lipinski definition) is 0. The maximum atomic E-state index is 5.38. The van der Waals surface area contributed by atoms with Crippen LogP contribution < -0.4 is 0 Å². The maximum Gasteiger partial charge on any atom is 0.133 e. The minimum atomic E-state index is 0.975. The number of benzene rings is 2. The Morgan fingerprint density at radius 2 is 1.09 bits per heavy atom. The lowest BCUT2D eigenvalue weighted by Gasteiger charge is -2.03. The highest BCUT2D eigenvalue weighted by Gasteiger charge is 2.01. The van der Waals surface area contributed by atoms with Crippen molar-refractivity contribution in [3.05, 3.63) is 72.2 Å². The van der Waals surface area contributed by atoms with E-state index in [1.165, 1.54) is 41.2 Å². The summed E-state index contributed by atoms with van der Waals surface area (Å²) in [4.78, 5) is 0. The zero-order valence-corrected chi connectivity index (χ0v) is 13.1. The fourth-order valence-corrected chi connectivity index (χ4v) is 3.18. The summed E-state index contributed by atoms with van der Waals surface area (Å²) in [5.41, 5.74) is 4.75. The van der Waals surface area contributed by atoms with Gasteiger partial charge in [0.25, 0.3) is 0 Å². The Hall–Kier alpha value is -2.48. The highest BCUT2D eigenvalue weighted by atomic mass is 16.3. The summed E-state index contributed by atoms with van der Waals surface area (Å²) in [5, 5.41) is 2.41. The van der Waals surface area contributed by atoms with E-state index in [0.717, 1.165) is 24.0 Å². The van der Waals surface area contributed by atoms with E-state index in [0.29, 0.717) is 0 Å². The predicted octanol–water partition coefficient (Wildman–Crippen LogP) is 6.13. The highest BCUT2D eigenvalue weighted by Crippen LogP contribution is 2.20. The smallest absolute Gasteiger partial charge is 0.133 e. The molecule has 2 aromatic carbocycles. The van der Waals surface area contributed by atoms with Gasteiger partial charge in [-0.1, -0.05) is 18.6 Å². The van der Waals surface area contributed by atoms with Crippen molar-refractivity contribution in [2.24, 2.45) is 0 Å². The van der Waals surface area contributed by atoms with Crippen molar-refractivity contribution in [2.45, 2.75) is 32.1 Å². The normalized spacial score (nSPS) is 11.5. The SMILES string of the molecule is c1cc2cc(CCCCCc3ccc4occc4c3)ccc2o1. The van der Waals surface area contributed by atoms with Crippen molar-refractivity contribution < 1.29 is 8.83 Å². The molecule has 2 heteroatoms. The van der Waals surface area contributed by atoms with Crippen LogP contribution in [0.1, 0.15) is 30.4 Å². The Labute approximate surface area is 135 Å². The van der Waals surface area contributed by atoms with Gasteiger partial charge >= 0.3 is 0 Å². The average Bonchev–Trinajstić information content (AvgIpc) is 3.22. The van der Waals surface area contributed by atoms with Crippen molar-refractivity contribution in [1.29, 1.82) is 0 Å². The Morgan fingerprint density at radius 1 is 0.565 bits per heavy atom. The van der Waals surface area contributed by atoms with Crippen LogP contribution in [-0.2, 0) is 12.8 Å². The number of rotatable bonds is 6. The summed E-state index contributed by atoms with van der Waals surface area (Å²) < 4.78 is 10.8. The molecule has 0 bridgehead atoms. The van der Waals surface area contributed by atoms with E-state index < -0.39 is 0 Å². The van der Waals surface area contributed by atoms with Crippen LogP contribution in [0.25, 0.3) is 21.9 Å². The molecule has 116 valence electrons. The van der Waals surface area contributed by atoms with Gasteiger partial charge in [-0.2, -0.15) is 0 Å². The van der Waals surface area contributed by atoms with E-state index in [9.17, 15) is 0 Å². The molecule has 2 nitrogen and oxygen atoms in total. The summed E-state index contributed by atoms with van der Waals surface area (Å²) in [5.74, 6) is 0. The van der Waals surface area contributed by atoms with E-state index in [2.05, 4.69) is 36.4 Å². The number of aryl methyl sites for hydroxylation is 2. The summed E-state index contributed by atoms with van der Waals surface area (Å²) >= 11 is 0. The largest absolute Gasteiger partial charge is 0.464 e. The van der Waals surface area contributed by atoms with Gasteiger partial charge < -0.3 is 8.83 Å². The molecule has 0 atom stereocenters. The second-order valence-corrected chi connectivity index (χ2v) is 6.15. The van der Waals surface area contributed by atoms with E-state index >= 15 is 0 Å². The van der Waals surface area contributed by atoms with Gasteiger partial charge in [-0.05, 0) is 73.2 Å². The van der Waals surface area contributed by atoms with Crippen LogP contribution in [0, 0.1) is 0 Å². The van der Waals surface area contributed by atoms with Gasteiger partial charge in [0.05, 0.1) is 12.5 Å². The fourth-order valence-electron chi connectivity index (χ4n) is 3.18. The van der Waals surface area contributed by atoms with E-state index in [1.807, 2.05) is 12.1 Å². The predicted molar refractivity (Wildman–Crippen MR) is 93.7 cm³/mol. The van der Waals surface area contributed by atoms with Crippen LogP contribution in [0.15, 0.2) is 69.9 Å². The number of fused-ring (bicyclic) bond motifs is 2. The number of unbranched alkanes of at least 4 members (excludes halogenated alkanes) is 2. The molecule has 0 aliphatic rings. The standard InChI is InChI=1S/C21H20O2/c1(2-4-16-6-8-20-18(14-16)10-12-22-20)3-5-17-7-9-21-19(15-17)11-13-23-21/h6-15H,1-5H2. The molecule has 0 aliphatic carbocycles. The van der Waals surface area contributed by atoms with Crippen molar-refractivity contribution in [3.8, 4) is 0 Å². The maximum absolute atomic E-state index is 5.38. The van der Waals surface area contributed by atoms with Crippen LogP contribution in [0.3, 0.4) is 0 Å². The molecule has 4 aromatic rings. The summed E-state index contributed by atoms with van der Waals surface area (Å²) in [6.07, 6.45) is 9.52. The van der Waals surface area contributed by atoms with Gasteiger partial charge in [-0.3, -0.25) is 0 Å². The van der Waals surface area contributed by atoms with Crippen molar-refractivity contribution in [3.63, 3.8) is 0 Å². The first-order chi connectivity index (χ1) is 11.4. The van der Waals surface area contributed by atoms with Gasteiger partial charge in [0.2, 0.25) is 0 Å². The highest BCUT2D eigenvalue weighted by molar-refractivity contribution is 5.78. The third-order valence-corrected chi connectivity index (χ3v) is 4.46. The second-order valence-electron chi connectivity index (χ2n) is 6.15. The van der Waals surface area contributed by atoms with E-state index in [1.54, 1.807) is 12.5 Å². The molecule has 0 saturated heterocycles. The molecule has 23 heavy (non-hydrogen) atoms. The van der Waals surface area contributed by atoms with Crippen molar-refractivity contribution >= 4 is 21.9 Å². The molecule has 0 fully saturated rings. The lowest BCUT2D eigenvalue weighted by Crippen LogP contribution is -1.89. The Kier molecular flexibility index (Phi) is 3.89. The molecule has 0 aliphatic heterocycles. The van der Waals surface area contributed by atoms with Gasteiger partial charge in [0.1, 0.15) is 11.2 Å². The molecule has 0 N–H and O–H groups in total. The first-order valence-electron chi connectivity index (χ1n) is 8.31. The van der Waals surface area contributed by atoms with Crippen LogP contribution >= 0.6 is 0 Å². The molecular weight excluding hydrogens is 284 g/mol. The molecule has 0 saturated carbocycles. The topological polar surface area (TPSA) is 26.3 Å². The third-order valence-electron chi connectivity index (χ3n) is 4.46. The molecule has 0 amide bonds. The Balaban J connectivity index is 1.26. The van der Waals surface area contributed by atoms with Crippen molar-refractivity contribution in [2.75, 3.05) is 0 Å². The third kappa shape index (κ3) is 3.16. The lowest BCUT2D eigenvalue weighted by molar-refractivity contribution is 0.615. The first kappa shape index (κ1) is 14.1. The average molecular weight is 304 g/mol. The lowest BCUT2D eigenvalue weighted by atomic mass is 10.0. The van der Waals surface area contributed by atoms with Gasteiger partial charge in [-0.25, -0.2) is 0 Å². The zero-order valence-electron chi connectivity index (χ0n) is 13.1. The van der Waals surface area contributed by atoms with Gasteiger partial charge in [0.15, 0.2) is 0 Å². The molecular formula is C21H20O2. The van der Waals surface area contributed by atoms with E-state index in [4.69, 9.17) is 8.83 Å². The van der Waals surface area contributed by atoms with E-state index in [-0.39, 0.29) is 0 Å². The fraction of sp³-hybridized carbons (Fsp3) is 0.238. The Bertz CT molecular complexity index is 838. The molecule has 4 rings (SSSR count). The molecule has 0 spiro atoms. The molecule has 2 heterocycles. The molecule has 0 radical (unpaired) electrons. The summed E-state index contributed by atoms with van der Waals surface area (Å²) in [7, 11) is 0. The monoisotopic (exact) mass is 304 g/mol. The summed E-state index contributed by atoms with van der Waals surface area (Å²) in [6, 6.07) is 17.1. The second kappa shape index (κ2) is 6.33. The number of furan rings is 2. The zero-order chi connectivity index (χ0) is 15.5. The first-order valence-corrected chi connectivity index (χ1v) is 8.31. The molecule has 2 aromatic heterocycles. The van der Waals surface area contributed by atoms with Crippen LogP contribution in [0.5, 0.6) is 0 Å². The minimum absolute atomic E-state index is 0.975. The van der Waals surface area contributed by atoms with Gasteiger partial charge in [0, 0.05) is 10.8 Å². The van der Waals surface area contributed by atoms with Crippen molar-refractivity contribution in [1.82, 2.24) is 0 Å². The quantitative estimate of drug-likeness (QED) is 0.400. The van der Waals surface area contributed by atoms with Gasteiger partial charge in [-0.15, -0.1) is 0 Å². The minimum Gasteiger partial charge on any atom is -0.464 e. The molecule has 0 unspecified atom stereocenters. The van der Waals surface area contributed by atoms with Crippen LogP contribution in [0.2, 0.25) is 0 Å². The van der Waals surface area contributed by atoms with Crippen LogP contribution in [-0.4, -0.2) is 0 Å².